The van der Waals surface area contributed by atoms with E-state index in [0.717, 1.165) is 4.90 Å². The molecule has 0 radical (unpaired) electrons. The third kappa shape index (κ3) is 2.74. The van der Waals surface area contributed by atoms with Crippen LogP contribution < -0.4 is 4.74 Å². The summed E-state index contributed by atoms with van der Waals surface area (Å²) in [5, 5.41) is 0. The number of hydrogen-bond acceptors (Lipinski definition) is 3. The van der Waals surface area contributed by atoms with Crippen molar-refractivity contribution in [1.29, 1.82) is 0 Å². The molecule has 66 valence electrons. The summed E-state index contributed by atoms with van der Waals surface area (Å²) >= 11 is 1.68. The number of ether oxygens (including phenoxy) is 1. The number of pyridine rings is 1. The predicted octanol–water partition coefficient (Wildman–Crippen LogP) is 2.59. The Morgan fingerprint density at radius 1 is 1.42 bits per heavy atom. The first-order valence-corrected chi connectivity index (χ1v) is 5.11. The van der Waals surface area contributed by atoms with Crippen molar-refractivity contribution in [3.63, 3.8) is 0 Å². The van der Waals surface area contributed by atoms with Crippen LogP contribution in [0.15, 0.2) is 23.2 Å². The normalized spacial score (nSPS) is 10.3. The van der Waals surface area contributed by atoms with Crippen LogP contribution >= 0.6 is 11.8 Å². The van der Waals surface area contributed by atoms with Crippen molar-refractivity contribution < 1.29 is 4.74 Å². The van der Waals surface area contributed by atoms with Crippen LogP contribution in [0.25, 0.3) is 0 Å². The van der Waals surface area contributed by atoms with Crippen LogP contribution in [0.5, 0.6) is 5.88 Å². The molecule has 0 saturated carbocycles. The van der Waals surface area contributed by atoms with Gasteiger partial charge in [0.1, 0.15) is 0 Å². The monoisotopic (exact) mass is 183 g/mol. The van der Waals surface area contributed by atoms with Crippen molar-refractivity contribution in [2.75, 3.05) is 6.26 Å². The van der Waals surface area contributed by atoms with Gasteiger partial charge < -0.3 is 4.74 Å². The molecule has 12 heavy (non-hydrogen) atoms. The zero-order valence-corrected chi connectivity index (χ0v) is 8.39. The van der Waals surface area contributed by atoms with Gasteiger partial charge in [-0.25, -0.2) is 4.98 Å². The third-order valence-electron chi connectivity index (χ3n) is 1.30. The van der Waals surface area contributed by atoms with Crippen LogP contribution in [0, 0.1) is 0 Å². The Morgan fingerprint density at radius 2 is 2.17 bits per heavy atom. The van der Waals surface area contributed by atoms with Crippen molar-refractivity contribution in [1.82, 2.24) is 4.98 Å². The van der Waals surface area contributed by atoms with Crippen molar-refractivity contribution in [2.45, 2.75) is 24.8 Å². The first kappa shape index (κ1) is 9.39. The zero-order valence-electron chi connectivity index (χ0n) is 7.57. The van der Waals surface area contributed by atoms with Crippen molar-refractivity contribution >= 4 is 11.8 Å². The maximum Gasteiger partial charge on any atom is 0.213 e. The van der Waals surface area contributed by atoms with E-state index in [-0.39, 0.29) is 6.10 Å². The Balaban J connectivity index is 2.65. The third-order valence-corrected chi connectivity index (χ3v) is 2.01. The van der Waals surface area contributed by atoms with Gasteiger partial charge in [-0.3, -0.25) is 0 Å². The van der Waals surface area contributed by atoms with Gasteiger partial charge in [-0.05, 0) is 26.2 Å². The van der Waals surface area contributed by atoms with Gasteiger partial charge in [0.25, 0.3) is 0 Å². The average molecular weight is 183 g/mol. The van der Waals surface area contributed by atoms with Crippen LogP contribution in [-0.4, -0.2) is 17.3 Å². The maximum absolute atomic E-state index is 5.39. The molecular weight excluding hydrogens is 170 g/mol. The Bertz CT molecular complexity index is 233. The predicted molar refractivity (Wildman–Crippen MR) is 51.8 cm³/mol. The molecule has 1 rings (SSSR count). The zero-order chi connectivity index (χ0) is 8.97. The van der Waals surface area contributed by atoms with E-state index in [9.17, 15) is 0 Å². The molecule has 0 aliphatic rings. The summed E-state index contributed by atoms with van der Waals surface area (Å²) in [6.45, 7) is 3.98. The number of aromatic nitrogens is 1. The molecule has 0 spiro atoms. The van der Waals surface area contributed by atoms with E-state index in [2.05, 4.69) is 4.98 Å². The van der Waals surface area contributed by atoms with Crippen LogP contribution in [-0.2, 0) is 0 Å². The highest BCUT2D eigenvalue weighted by atomic mass is 32.2. The molecule has 0 N–H and O–H groups in total. The maximum atomic E-state index is 5.39. The Labute approximate surface area is 77.3 Å². The van der Waals surface area contributed by atoms with Gasteiger partial charge in [-0.15, -0.1) is 11.8 Å². The second kappa shape index (κ2) is 4.36. The van der Waals surface area contributed by atoms with E-state index in [1.807, 2.05) is 38.4 Å². The quantitative estimate of drug-likeness (QED) is 0.672. The molecule has 2 nitrogen and oxygen atoms in total. The number of rotatable bonds is 3. The standard InChI is InChI=1S/C9H13NOS/c1-7(2)11-9-5-4-8(12-3)6-10-9/h4-7H,1-3H3. The van der Waals surface area contributed by atoms with Gasteiger partial charge in [-0.2, -0.15) is 0 Å². The van der Waals surface area contributed by atoms with Gasteiger partial charge in [-0.1, -0.05) is 0 Å². The summed E-state index contributed by atoms with van der Waals surface area (Å²) in [5.41, 5.74) is 0. The lowest BCUT2D eigenvalue weighted by molar-refractivity contribution is 0.232. The lowest BCUT2D eigenvalue weighted by Crippen LogP contribution is -2.06. The van der Waals surface area contributed by atoms with Gasteiger partial charge >= 0.3 is 0 Å². The second-order valence-corrected chi connectivity index (χ2v) is 3.58. The molecule has 0 bridgehead atoms. The molecule has 0 aliphatic heterocycles. The van der Waals surface area contributed by atoms with E-state index in [1.165, 1.54) is 0 Å². The number of hydrogen-bond donors (Lipinski definition) is 0. The lowest BCUT2D eigenvalue weighted by Gasteiger charge is -2.07. The number of nitrogens with zero attached hydrogens (tertiary/aromatic N) is 1. The summed E-state index contributed by atoms with van der Waals surface area (Å²) in [6.07, 6.45) is 4.04. The fraction of sp³-hybridized carbons (Fsp3) is 0.444. The molecule has 1 aromatic heterocycles. The molecule has 1 heterocycles. The molecule has 0 aromatic carbocycles. The SMILES string of the molecule is CSc1ccc(OC(C)C)nc1. The highest BCUT2D eigenvalue weighted by molar-refractivity contribution is 7.98. The first-order valence-electron chi connectivity index (χ1n) is 3.89. The molecule has 0 fully saturated rings. The minimum Gasteiger partial charge on any atom is -0.475 e. The van der Waals surface area contributed by atoms with Crippen molar-refractivity contribution in [2.24, 2.45) is 0 Å². The van der Waals surface area contributed by atoms with E-state index in [1.54, 1.807) is 11.8 Å². The molecule has 0 amide bonds. The first-order chi connectivity index (χ1) is 5.72. The van der Waals surface area contributed by atoms with E-state index in [4.69, 9.17) is 4.74 Å². The van der Waals surface area contributed by atoms with Crippen molar-refractivity contribution in [3.05, 3.63) is 18.3 Å². The van der Waals surface area contributed by atoms with Crippen LogP contribution in [0.2, 0.25) is 0 Å². The topological polar surface area (TPSA) is 22.1 Å². The highest BCUT2D eigenvalue weighted by Gasteiger charge is 1.97. The highest BCUT2D eigenvalue weighted by Crippen LogP contribution is 2.16. The molecule has 0 aliphatic carbocycles. The lowest BCUT2D eigenvalue weighted by atomic mass is 10.4. The molecule has 3 heteroatoms. The smallest absolute Gasteiger partial charge is 0.213 e. The Hall–Kier alpha value is -0.700. The van der Waals surface area contributed by atoms with Crippen LogP contribution in [0.4, 0.5) is 0 Å². The summed E-state index contributed by atoms with van der Waals surface area (Å²) in [5.74, 6) is 0.697. The Kier molecular flexibility index (Phi) is 3.41. The van der Waals surface area contributed by atoms with Gasteiger partial charge in [0.2, 0.25) is 5.88 Å². The molecular formula is C9H13NOS. The van der Waals surface area contributed by atoms with E-state index in [0.29, 0.717) is 5.88 Å². The fourth-order valence-corrected chi connectivity index (χ4v) is 1.16. The minimum absolute atomic E-state index is 0.192. The summed E-state index contributed by atoms with van der Waals surface area (Å²) < 4.78 is 5.39. The largest absolute Gasteiger partial charge is 0.475 e. The Morgan fingerprint density at radius 3 is 2.58 bits per heavy atom. The van der Waals surface area contributed by atoms with Crippen molar-refractivity contribution in [3.8, 4) is 5.88 Å². The summed E-state index contributed by atoms with van der Waals surface area (Å²) in [4.78, 5) is 5.31. The van der Waals surface area contributed by atoms with Crippen LogP contribution in [0.3, 0.4) is 0 Å². The van der Waals surface area contributed by atoms with Crippen LogP contribution in [0.1, 0.15) is 13.8 Å². The summed E-state index contributed by atoms with van der Waals surface area (Å²) in [6, 6.07) is 3.90. The van der Waals surface area contributed by atoms with Gasteiger partial charge in [0, 0.05) is 17.2 Å². The molecule has 0 saturated heterocycles. The van der Waals surface area contributed by atoms with Gasteiger partial charge in [0.15, 0.2) is 0 Å². The molecule has 0 atom stereocenters. The fourth-order valence-electron chi connectivity index (χ4n) is 0.799. The minimum atomic E-state index is 0.192. The molecule has 0 unspecified atom stereocenters. The number of thioether (sulfide) groups is 1. The summed E-state index contributed by atoms with van der Waals surface area (Å²) in [7, 11) is 0. The molecule has 1 aromatic rings. The van der Waals surface area contributed by atoms with Gasteiger partial charge in [0.05, 0.1) is 6.10 Å². The van der Waals surface area contributed by atoms with E-state index < -0.39 is 0 Å². The second-order valence-electron chi connectivity index (χ2n) is 2.70. The van der Waals surface area contributed by atoms with E-state index >= 15 is 0 Å². The average Bonchev–Trinajstić information content (AvgIpc) is 2.05.